The van der Waals surface area contributed by atoms with E-state index in [1.807, 2.05) is 20.8 Å². The van der Waals surface area contributed by atoms with Gasteiger partial charge in [0.2, 0.25) is 0 Å². The van der Waals surface area contributed by atoms with Crippen LogP contribution in [0.25, 0.3) is 11.0 Å². The van der Waals surface area contributed by atoms with Gasteiger partial charge in [-0.3, -0.25) is 0 Å². The van der Waals surface area contributed by atoms with E-state index in [0.29, 0.717) is 10.3 Å². The van der Waals surface area contributed by atoms with Crippen LogP contribution in [0.1, 0.15) is 24.9 Å². The van der Waals surface area contributed by atoms with E-state index in [1.54, 1.807) is 6.07 Å². The molecule has 0 aromatic carbocycles. The number of nitrogens with zero attached hydrogens (tertiary/aromatic N) is 2. The molecule has 3 N–H and O–H groups in total. The van der Waals surface area contributed by atoms with Crippen molar-refractivity contribution in [3.63, 3.8) is 0 Å². The average Bonchev–Trinajstić information content (AvgIpc) is 2.93. The summed E-state index contributed by atoms with van der Waals surface area (Å²) in [5.74, 6) is -0.150. The number of nitrogens with one attached hydrogen (secondary N) is 2. The summed E-state index contributed by atoms with van der Waals surface area (Å²) < 4.78 is 1.51. The summed E-state index contributed by atoms with van der Waals surface area (Å²) in [5.41, 5.74) is 3.76. The fraction of sp³-hybridized carbons (Fsp3) is 0.214. The summed E-state index contributed by atoms with van der Waals surface area (Å²) in [6, 6.07) is 1.69. The molecular weight excluding hydrogens is 335 g/mol. The van der Waals surface area contributed by atoms with Gasteiger partial charge in [0.25, 0.3) is 0 Å². The van der Waals surface area contributed by atoms with Crippen LogP contribution in [0.3, 0.4) is 0 Å². The van der Waals surface area contributed by atoms with Gasteiger partial charge in [0.1, 0.15) is 0 Å². The molecule has 3 aromatic rings. The summed E-state index contributed by atoms with van der Waals surface area (Å²) in [5, 5.41) is 13.3. The number of aryl methyl sites for hydroxylation is 3. The Morgan fingerprint density at radius 1 is 1.33 bits per heavy atom. The van der Waals surface area contributed by atoms with E-state index >= 15 is 0 Å². The van der Waals surface area contributed by atoms with Crippen molar-refractivity contribution < 1.29 is 9.90 Å². The van der Waals surface area contributed by atoms with Crippen molar-refractivity contribution >= 4 is 43.0 Å². The number of aromatic carboxylic acids is 1. The van der Waals surface area contributed by atoms with Gasteiger partial charge in [0.05, 0.1) is 0 Å². The van der Waals surface area contributed by atoms with Crippen LogP contribution in [-0.4, -0.2) is 40.5 Å². The minimum atomic E-state index is -0.854. The Labute approximate surface area is 127 Å². The number of carbonyl (C=O) groups is 1. The molecule has 7 heteroatoms. The van der Waals surface area contributed by atoms with E-state index in [9.17, 15) is 4.79 Å². The SMILES string of the molecule is Cc1[nH]c2ncnc(Nc3cc(C(=O)O)[se]c3C)c2c1C. The zero-order valence-corrected chi connectivity index (χ0v) is 13.5. The Bertz CT molecular complexity index is 850. The van der Waals surface area contributed by atoms with Gasteiger partial charge in [-0.1, -0.05) is 0 Å². The summed E-state index contributed by atoms with van der Waals surface area (Å²) in [4.78, 5) is 22.8. The first-order valence-corrected chi connectivity index (χ1v) is 8.09. The Hall–Kier alpha value is -2.11. The standard InChI is InChI=1S/C14H14N4O2Se/c1-6-7(2)17-12-11(6)13(16-5-15-12)18-9-4-10(14(19)20)21-8(9)3/h4-5H,1-3H3,(H,19,20)(H2,15,16,17,18). The van der Waals surface area contributed by atoms with Gasteiger partial charge in [-0.15, -0.1) is 0 Å². The van der Waals surface area contributed by atoms with Gasteiger partial charge in [-0.25, -0.2) is 0 Å². The van der Waals surface area contributed by atoms with Gasteiger partial charge in [0.15, 0.2) is 0 Å². The number of fused-ring (bicyclic) bond motifs is 1. The van der Waals surface area contributed by atoms with Gasteiger partial charge < -0.3 is 0 Å². The maximum absolute atomic E-state index is 11.1. The van der Waals surface area contributed by atoms with E-state index in [2.05, 4.69) is 20.3 Å². The first kappa shape index (κ1) is 13.9. The number of carboxylic acid groups (broad SMARTS) is 1. The van der Waals surface area contributed by atoms with Crippen LogP contribution in [0.2, 0.25) is 0 Å². The minimum absolute atomic E-state index is 0.135. The van der Waals surface area contributed by atoms with Crippen LogP contribution < -0.4 is 5.32 Å². The Kier molecular flexibility index (Phi) is 3.31. The van der Waals surface area contributed by atoms with Crippen molar-refractivity contribution in [2.45, 2.75) is 20.8 Å². The van der Waals surface area contributed by atoms with Gasteiger partial charge in [-0.05, 0) is 0 Å². The molecule has 0 aliphatic heterocycles. The first-order valence-electron chi connectivity index (χ1n) is 6.38. The predicted octanol–water partition coefficient (Wildman–Crippen LogP) is 2.38. The van der Waals surface area contributed by atoms with E-state index < -0.39 is 5.97 Å². The van der Waals surface area contributed by atoms with Gasteiger partial charge >= 0.3 is 126 Å². The van der Waals surface area contributed by atoms with E-state index in [0.717, 1.165) is 32.4 Å². The average molecular weight is 349 g/mol. The third-order valence-electron chi connectivity index (χ3n) is 3.47. The van der Waals surface area contributed by atoms with Crippen LogP contribution in [0.15, 0.2) is 12.4 Å². The Morgan fingerprint density at radius 2 is 2.10 bits per heavy atom. The fourth-order valence-electron chi connectivity index (χ4n) is 2.23. The number of anilines is 2. The van der Waals surface area contributed by atoms with Crippen molar-refractivity contribution in [3.05, 3.63) is 32.5 Å². The van der Waals surface area contributed by atoms with Crippen molar-refractivity contribution in [2.24, 2.45) is 0 Å². The number of aromatic nitrogens is 3. The topological polar surface area (TPSA) is 90.9 Å². The molecule has 3 heterocycles. The molecule has 108 valence electrons. The van der Waals surface area contributed by atoms with Crippen molar-refractivity contribution in [1.29, 1.82) is 0 Å². The summed E-state index contributed by atoms with van der Waals surface area (Å²) in [6.07, 6.45) is 1.50. The second-order valence-electron chi connectivity index (χ2n) is 4.83. The van der Waals surface area contributed by atoms with Crippen LogP contribution >= 0.6 is 0 Å². The zero-order chi connectivity index (χ0) is 15.1. The fourth-order valence-corrected chi connectivity index (χ4v) is 3.94. The molecule has 0 unspecified atom stereocenters. The second-order valence-corrected chi connectivity index (χ2v) is 7.47. The first-order chi connectivity index (χ1) is 9.97. The van der Waals surface area contributed by atoms with Crippen LogP contribution in [0.4, 0.5) is 11.5 Å². The van der Waals surface area contributed by atoms with Gasteiger partial charge in [0, 0.05) is 0 Å². The van der Waals surface area contributed by atoms with Crippen LogP contribution in [0, 0.1) is 20.8 Å². The molecule has 0 aliphatic carbocycles. The van der Waals surface area contributed by atoms with Crippen molar-refractivity contribution in [1.82, 2.24) is 15.0 Å². The third-order valence-corrected chi connectivity index (χ3v) is 5.65. The molecular formula is C14H14N4O2Se. The molecule has 0 aliphatic rings. The summed E-state index contributed by atoms with van der Waals surface area (Å²) in [7, 11) is 0. The quantitative estimate of drug-likeness (QED) is 0.632. The second kappa shape index (κ2) is 5.02. The molecule has 0 fully saturated rings. The van der Waals surface area contributed by atoms with Crippen molar-refractivity contribution in [3.8, 4) is 0 Å². The third kappa shape index (κ3) is 2.34. The molecule has 21 heavy (non-hydrogen) atoms. The number of hydrogen-bond acceptors (Lipinski definition) is 4. The van der Waals surface area contributed by atoms with E-state index in [4.69, 9.17) is 5.11 Å². The van der Waals surface area contributed by atoms with Crippen LogP contribution in [-0.2, 0) is 0 Å². The number of carboxylic acids is 1. The molecule has 0 radical (unpaired) electrons. The Morgan fingerprint density at radius 3 is 2.76 bits per heavy atom. The molecule has 0 saturated heterocycles. The molecule has 6 nitrogen and oxygen atoms in total. The maximum atomic E-state index is 11.1. The molecule has 3 aromatic heterocycles. The predicted molar refractivity (Wildman–Crippen MR) is 81.7 cm³/mol. The molecule has 0 atom stereocenters. The number of hydrogen-bond donors (Lipinski definition) is 3. The van der Waals surface area contributed by atoms with Crippen LogP contribution in [0.5, 0.6) is 0 Å². The number of aromatic amines is 1. The monoisotopic (exact) mass is 350 g/mol. The normalized spacial score (nSPS) is 11.0. The zero-order valence-electron chi connectivity index (χ0n) is 11.8. The summed E-state index contributed by atoms with van der Waals surface area (Å²) in [6.45, 7) is 5.95. The van der Waals surface area contributed by atoms with Gasteiger partial charge in [-0.2, -0.15) is 0 Å². The Balaban J connectivity index is 2.08. The summed E-state index contributed by atoms with van der Waals surface area (Å²) >= 11 is -0.135. The number of H-pyrrole nitrogens is 1. The molecule has 0 saturated carbocycles. The van der Waals surface area contributed by atoms with Crippen molar-refractivity contribution in [2.75, 3.05) is 5.32 Å². The van der Waals surface area contributed by atoms with E-state index in [1.165, 1.54) is 6.33 Å². The number of rotatable bonds is 3. The molecule has 3 rings (SSSR count). The molecule has 0 bridgehead atoms. The molecule has 0 spiro atoms. The molecule has 0 amide bonds. The van der Waals surface area contributed by atoms with E-state index in [-0.39, 0.29) is 14.5 Å².